The number of benzene rings is 2. The predicted octanol–water partition coefficient (Wildman–Crippen LogP) is 2.76. The van der Waals surface area contributed by atoms with Crippen molar-refractivity contribution in [3.8, 4) is 5.75 Å². The van der Waals surface area contributed by atoms with Crippen LogP contribution in [0.5, 0.6) is 5.75 Å². The van der Waals surface area contributed by atoms with Gasteiger partial charge in [-0.2, -0.15) is 0 Å². The topological polar surface area (TPSA) is 81.2 Å². The quantitative estimate of drug-likeness (QED) is 0.765. The Labute approximate surface area is 152 Å². The number of anilines is 1. The van der Waals surface area contributed by atoms with Gasteiger partial charge in [0.1, 0.15) is 24.5 Å². The summed E-state index contributed by atoms with van der Waals surface area (Å²) >= 11 is 0. The third kappa shape index (κ3) is 3.10. The number of rotatable bonds is 3. The van der Waals surface area contributed by atoms with Crippen molar-refractivity contribution in [2.24, 2.45) is 0 Å². The highest BCUT2D eigenvalue weighted by molar-refractivity contribution is 7.90. The van der Waals surface area contributed by atoms with Crippen LogP contribution in [0.2, 0.25) is 0 Å². The van der Waals surface area contributed by atoms with Crippen LogP contribution in [0, 0.1) is 6.92 Å². The van der Waals surface area contributed by atoms with Crippen molar-refractivity contribution in [3.05, 3.63) is 53.9 Å². The first-order valence-corrected chi connectivity index (χ1v) is 10.2. The Kier molecular flexibility index (Phi) is 4.03. The number of fused-ring (bicyclic) bond motifs is 2. The lowest BCUT2D eigenvalue weighted by Crippen LogP contribution is -2.33. The highest BCUT2D eigenvalue weighted by Crippen LogP contribution is 2.30. The van der Waals surface area contributed by atoms with Crippen LogP contribution in [-0.2, 0) is 16.3 Å². The van der Waals surface area contributed by atoms with Gasteiger partial charge in [0.25, 0.3) is 0 Å². The molecule has 7 heteroatoms. The summed E-state index contributed by atoms with van der Waals surface area (Å²) in [7, 11) is -3.30. The van der Waals surface area contributed by atoms with Gasteiger partial charge in [0.05, 0.1) is 16.5 Å². The molecule has 1 aliphatic rings. The van der Waals surface area contributed by atoms with E-state index in [4.69, 9.17) is 4.74 Å². The third-order valence-electron chi connectivity index (χ3n) is 4.56. The first-order valence-electron chi connectivity index (χ1n) is 8.34. The summed E-state index contributed by atoms with van der Waals surface area (Å²) in [6, 6.07) is 11.1. The minimum atomic E-state index is -3.30. The molecule has 0 fully saturated rings. The Morgan fingerprint density at radius 2 is 2.04 bits per heavy atom. The summed E-state index contributed by atoms with van der Waals surface area (Å²) in [5.74, 6) is 1.57. The fourth-order valence-corrected chi connectivity index (χ4v) is 3.90. The molecular weight excluding hydrogens is 350 g/mol. The summed E-state index contributed by atoms with van der Waals surface area (Å²) < 4.78 is 29.7. The van der Waals surface area contributed by atoms with Crippen LogP contribution >= 0.6 is 0 Å². The van der Waals surface area contributed by atoms with E-state index in [0.717, 1.165) is 23.3 Å². The summed E-state index contributed by atoms with van der Waals surface area (Å²) in [5.41, 5.74) is 2.98. The minimum Gasteiger partial charge on any atom is -0.491 e. The maximum Gasteiger partial charge on any atom is 0.175 e. The number of para-hydroxylation sites is 1. The van der Waals surface area contributed by atoms with Crippen molar-refractivity contribution >= 4 is 26.6 Å². The minimum absolute atomic E-state index is 0.0456. The van der Waals surface area contributed by atoms with Crippen LogP contribution in [0.4, 0.5) is 5.82 Å². The van der Waals surface area contributed by atoms with Crippen LogP contribution in [-0.4, -0.2) is 37.3 Å². The molecule has 4 rings (SSSR count). The molecule has 0 radical (unpaired) electrons. The Morgan fingerprint density at radius 1 is 1.19 bits per heavy atom. The van der Waals surface area contributed by atoms with Crippen molar-refractivity contribution < 1.29 is 13.2 Å². The zero-order valence-electron chi connectivity index (χ0n) is 14.6. The number of hydrogen-bond acceptors (Lipinski definition) is 6. The molecule has 0 aliphatic carbocycles. The van der Waals surface area contributed by atoms with E-state index in [1.54, 1.807) is 18.2 Å². The van der Waals surface area contributed by atoms with Gasteiger partial charge in [-0.05, 0) is 42.7 Å². The van der Waals surface area contributed by atoms with Gasteiger partial charge in [-0.3, -0.25) is 0 Å². The Morgan fingerprint density at radius 3 is 2.85 bits per heavy atom. The molecule has 2 aromatic carbocycles. The number of ether oxygens (including phenoxy) is 1. The van der Waals surface area contributed by atoms with E-state index < -0.39 is 9.84 Å². The molecule has 0 bridgehead atoms. The zero-order valence-corrected chi connectivity index (χ0v) is 15.4. The maximum absolute atomic E-state index is 11.9. The van der Waals surface area contributed by atoms with Crippen molar-refractivity contribution in [1.82, 2.24) is 9.97 Å². The molecule has 26 heavy (non-hydrogen) atoms. The molecule has 0 spiro atoms. The fraction of sp³-hybridized carbons (Fsp3) is 0.263. The monoisotopic (exact) mass is 369 g/mol. The van der Waals surface area contributed by atoms with Gasteiger partial charge in [-0.25, -0.2) is 18.4 Å². The van der Waals surface area contributed by atoms with Gasteiger partial charge in [0.2, 0.25) is 0 Å². The number of hydrogen-bond donors (Lipinski definition) is 1. The molecule has 0 saturated carbocycles. The fourth-order valence-electron chi connectivity index (χ4n) is 3.26. The number of aryl methyl sites for hydroxylation is 1. The van der Waals surface area contributed by atoms with Gasteiger partial charge >= 0.3 is 0 Å². The Bertz CT molecular complexity index is 1100. The molecular formula is C19H19N3O3S. The number of nitrogens with zero attached hydrogens (tertiary/aromatic N) is 2. The number of aromatic nitrogens is 2. The van der Waals surface area contributed by atoms with E-state index in [9.17, 15) is 8.42 Å². The second-order valence-electron chi connectivity index (χ2n) is 6.59. The molecule has 1 unspecified atom stereocenters. The Hall–Kier alpha value is -2.67. The lowest BCUT2D eigenvalue weighted by atomic mass is 10.00. The van der Waals surface area contributed by atoms with Crippen LogP contribution in [0.3, 0.4) is 0 Å². The van der Waals surface area contributed by atoms with E-state index in [1.807, 2.05) is 19.1 Å². The molecule has 0 saturated heterocycles. The maximum atomic E-state index is 11.9. The summed E-state index contributed by atoms with van der Waals surface area (Å²) in [5, 5.41) is 4.08. The summed E-state index contributed by atoms with van der Waals surface area (Å²) in [4.78, 5) is 8.81. The Balaban J connectivity index is 1.67. The first kappa shape index (κ1) is 16.8. The normalized spacial score (nSPS) is 16.8. The lowest BCUT2D eigenvalue weighted by Gasteiger charge is -2.27. The molecule has 3 aromatic rings. The van der Waals surface area contributed by atoms with Crippen LogP contribution in [0.15, 0.2) is 47.6 Å². The van der Waals surface area contributed by atoms with Crippen molar-refractivity contribution in [1.29, 1.82) is 0 Å². The lowest BCUT2D eigenvalue weighted by molar-refractivity contribution is 0.270. The molecule has 134 valence electrons. The largest absolute Gasteiger partial charge is 0.491 e. The second-order valence-corrected chi connectivity index (χ2v) is 8.61. The molecule has 1 aromatic heterocycles. The van der Waals surface area contributed by atoms with E-state index in [0.29, 0.717) is 23.3 Å². The smallest absolute Gasteiger partial charge is 0.175 e. The second kappa shape index (κ2) is 6.25. The summed E-state index contributed by atoms with van der Waals surface area (Å²) in [6.07, 6.45) is 3.49. The highest BCUT2D eigenvalue weighted by Gasteiger charge is 2.22. The molecule has 1 aliphatic heterocycles. The van der Waals surface area contributed by atoms with E-state index >= 15 is 0 Å². The van der Waals surface area contributed by atoms with Gasteiger partial charge in [0.15, 0.2) is 9.84 Å². The number of sulfone groups is 1. The standard InChI is InChI=1S/C19H19N3O3S/c1-12-4-3-5-13-8-14(10-25-18(12)13)22-19-16-9-15(26(2,23)24)6-7-17(16)20-11-21-19/h3-7,9,11,14H,8,10H2,1-2H3,(H,20,21,22). The average Bonchev–Trinajstić information content (AvgIpc) is 2.61. The van der Waals surface area contributed by atoms with Crippen LogP contribution in [0.1, 0.15) is 11.1 Å². The molecule has 1 atom stereocenters. The first-order chi connectivity index (χ1) is 12.4. The van der Waals surface area contributed by atoms with Crippen molar-refractivity contribution in [2.45, 2.75) is 24.3 Å². The van der Waals surface area contributed by atoms with Crippen LogP contribution in [0.25, 0.3) is 10.9 Å². The predicted molar refractivity (Wildman–Crippen MR) is 100 cm³/mol. The molecule has 2 heterocycles. The van der Waals surface area contributed by atoms with Gasteiger partial charge in [-0.1, -0.05) is 18.2 Å². The zero-order chi connectivity index (χ0) is 18.3. The van der Waals surface area contributed by atoms with Crippen molar-refractivity contribution in [3.63, 3.8) is 0 Å². The molecule has 1 N–H and O–H groups in total. The molecule has 6 nitrogen and oxygen atoms in total. The van der Waals surface area contributed by atoms with Gasteiger partial charge in [0, 0.05) is 11.6 Å². The van der Waals surface area contributed by atoms with Crippen LogP contribution < -0.4 is 10.1 Å². The van der Waals surface area contributed by atoms with E-state index in [2.05, 4.69) is 21.4 Å². The van der Waals surface area contributed by atoms with Gasteiger partial charge < -0.3 is 10.1 Å². The summed E-state index contributed by atoms with van der Waals surface area (Å²) in [6.45, 7) is 2.56. The van der Waals surface area contributed by atoms with E-state index in [1.165, 1.54) is 12.6 Å². The van der Waals surface area contributed by atoms with Crippen molar-refractivity contribution in [2.75, 3.05) is 18.2 Å². The van der Waals surface area contributed by atoms with E-state index in [-0.39, 0.29) is 10.9 Å². The van der Waals surface area contributed by atoms with Gasteiger partial charge in [-0.15, -0.1) is 0 Å². The number of nitrogens with one attached hydrogen (secondary N) is 1. The highest BCUT2D eigenvalue weighted by atomic mass is 32.2. The average molecular weight is 369 g/mol. The SMILES string of the molecule is Cc1cccc2c1OCC(Nc1ncnc3ccc(S(C)(=O)=O)cc13)C2. The molecule has 0 amide bonds. The third-order valence-corrected chi connectivity index (χ3v) is 5.67.